The molecule has 11 heteroatoms. The molecule has 0 aromatic carbocycles. The molecule has 0 atom stereocenters. The summed E-state index contributed by atoms with van der Waals surface area (Å²) in [6, 6.07) is 3.09. The Labute approximate surface area is 149 Å². The van der Waals surface area contributed by atoms with Crippen LogP contribution in [0.1, 0.15) is 12.7 Å². The standard InChI is InChI=1S/C13H14F3N3O2S3/c1-2-22-11-17-18-12(24-11)23-7-10(20)19(8-13(14,15)16)6-9-4-3-5-21-9/h3-5H,2,6-8H2,1H3. The van der Waals surface area contributed by atoms with E-state index >= 15 is 0 Å². The van der Waals surface area contributed by atoms with Crippen molar-refractivity contribution >= 4 is 40.8 Å². The highest BCUT2D eigenvalue weighted by Gasteiger charge is 2.33. The lowest BCUT2D eigenvalue weighted by molar-refractivity contribution is -0.161. The van der Waals surface area contributed by atoms with E-state index in [1.165, 1.54) is 35.4 Å². The molecule has 2 heterocycles. The molecule has 0 fully saturated rings. The number of alkyl halides is 3. The van der Waals surface area contributed by atoms with Crippen LogP contribution in [0.3, 0.4) is 0 Å². The largest absolute Gasteiger partial charge is 0.467 e. The zero-order valence-corrected chi connectivity index (χ0v) is 15.0. The van der Waals surface area contributed by atoms with Crippen molar-refractivity contribution in [1.82, 2.24) is 15.1 Å². The van der Waals surface area contributed by atoms with Gasteiger partial charge in [0.25, 0.3) is 0 Å². The van der Waals surface area contributed by atoms with Gasteiger partial charge in [0.15, 0.2) is 8.68 Å². The van der Waals surface area contributed by atoms with Crippen LogP contribution in [0.2, 0.25) is 0 Å². The molecule has 0 bridgehead atoms. The van der Waals surface area contributed by atoms with Crippen LogP contribution < -0.4 is 0 Å². The first-order valence-corrected chi connectivity index (χ1v) is 9.62. The Balaban J connectivity index is 1.95. The van der Waals surface area contributed by atoms with E-state index in [1.807, 2.05) is 6.92 Å². The maximum atomic E-state index is 12.7. The predicted molar refractivity (Wildman–Crippen MR) is 87.2 cm³/mol. The van der Waals surface area contributed by atoms with Crippen LogP contribution in [-0.2, 0) is 11.3 Å². The van der Waals surface area contributed by atoms with Gasteiger partial charge in [-0.1, -0.05) is 41.8 Å². The van der Waals surface area contributed by atoms with Crippen molar-refractivity contribution < 1.29 is 22.4 Å². The molecule has 1 amide bonds. The first-order chi connectivity index (χ1) is 11.4. The van der Waals surface area contributed by atoms with E-state index in [1.54, 1.807) is 6.07 Å². The summed E-state index contributed by atoms with van der Waals surface area (Å²) in [5, 5.41) is 7.86. The summed E-state index contributed by atoms with van der Waals surface area (Å²) in [7, 11) is 0. The minimum Gasteiger partial charge on any atom is -0.467 e. The fraction of sp³-hybridized carbons (Fsp3) is 0.462. The zero-order chi connectivity index (χ0) is 17.6. The molecule has 2 rings (SSSR count). The second-order valence-electron chi connectivity index (χ2n) is 4.50. The highest BCUT2D eigenvalue weighted by atomic mass is 32.2. The molecule has 0 N–H and O–H groups in total. The highest BCUT2D eigenvalue weighted by Crippen LogP contribution is 2.29. The summed E-state index contributed by atoms with van der Waals surface area (Å²) in [5.41, 5.74) is 0. The number of amides is 1. The SMILES string of the molecule is CCSc1nnc(SCC(=O)N(Cc2ccco2)CC(F)(F)F)s1. The van der Waals surface area contributed by atoms with Gasteiger partial charge in [-0.05, 0) is 17.9 Å². The Hall–Kier alpha value is -1.20. The fourth-order valence-electron chi connectivity index (χ4n) is 1.69. The maximum absolute atomic E-state index is 12.7. The Morgan fingerprint density at radius 3 is 2.62 bits per heavy atom. The number of carbonyl (C=O) groups excluding carboxylic acids is 1. The van der Waals surface area contributed by atoms with Crippen molar-refractivity contribution in [3.63, 3.8) is 0 Å². The second kappa shape index (κ2) is 8.77. The third-order valence-electron chi connectivity index (χ3n) is 2.62. The number of carbonyl (C=O) groups is 1. The molecule has 24 heavy (non-hydrogen) atoms. The zero-order valence-electron chi connectivity index (χ0n) is 12.6. The number of aromatic nitrogens is 2. The topological polar surface area (TPSA) is 59.2 Å². The quantitative estimate of drug-likeness (QED) is 0.629. The minimum absolute atomic E-state index is 0.137. The lowest BCUT2D eigenvalue weighted by Crippen LogP contribution is -2.39. The number of rotatable bonds is 8. The minimum atomic E-state index is -4.47. The second-order valence-corrected chi connectivity index (χ2v) is 8.21. The van der Waals surface area contributed by atoms with E-state index in [4.69, 9.17) is 4.42 Å². The van der Waals surface area contributed by atoms with Crippen molar-refractivity contribution in [2.24, 2.45) is 0 Å². The lowest BCUT2D eigenvalue weighted by Gasteiger charge is -2.22. The van der Waals surface area contributed by atoms with Crippen LogP contribution in [0.15, 0.2) is 31.5 Å². The van der Waals surface area contributed by atoms with E-state index in [0.717, 1.165) is 26.8 Å². The summed E-state index contributed by atoms with van der Waals surface area (Å²) in [6.45, 7) is 0.436. The fourth-order valence-corrected chi connectivity index (χ4v) is 4.51. The molecule has 2 aromatic heterocycles. The third kappa shape index (κ3) is 6.36. The number of halogens is 3. The Morgan fingerprint density at radius 1 is 1.33 bits per heavy atom. The van der Waals surface area contributed by atoms with E-state index in [-0.39, 0.29) is 12.3 Å². The number of nitrogens with zero attached hydrogens (tertiary/aromatic N) is 3. The van der Waals surface area contributed by atoms with Gasteiger partial charge in [-0.25, -0.2) is 0 Å². The third-order valence-corrected chi connectivity index (χ3v) is 5.68. The average molecular weight is 397 g/mol. The molecule has 0 aliphatic heterocycles. The summed E-state index contributed by atoms with van der Waals surface area (Å²) >= 11 is 3.93. The van der Waals surface area contributed by atoms with Gasteiger partial charge in [-0.15, -0.1) is 10.2 Å². The van der Waals surface area contributed by atoms with E-state index in [9.17, 15) is 18.0 Å². The molecule has 0 radical (unpaired) electrons. The van der Waals surface area contributed by atoms with Crippen molar-refractivity contribution in [2.75, 3.05) is 18.1 Å². The van der Waals surface area contributed by atoms with E-state index in [0.29, 0.717) is 10.1 Å². The molecular formula is C13H14F3N3O2S3. The number of hydrogen-bond acceptors (Lipinski definition) is 7. The van der Waals surface area contributed by atoms with Gasteiger partial charge in [-0.2, -0.15) is 13.2 Å². The van der Waals surface area contributed by atoms with Crippen molar-refractivity contribution in [3.8, 4) is 0 Å². The van der Waals surface area contributed by atoms with E-state index in [2.05, 4.69) is 10.2 Å². The van der Waals surface area contributed by atoms with Gasteiger partial charge in [0, 0.05) is 0 Å². The predicted octanol–water partition coefficient (Wildman–Crippen LogP) is 3.93. The Kier molecular flexibility index (Phi) is 6.99. The summed E-state index contributed by atoms with van der Waals surface area (Å²) in [6.07, 6.45) is -3.12. The molecule has 132 valence electrons. The molecule has 0 spiro atoms. The molecule has 0 unspecified atom stereocenters. The maximum Gasteiger partial charge on any atom is 0.406 e. The highest BCUT2D eigenvalue weighted by molar-refractivity contribution is 8.03. The molecule has 0 aliphatic carbocycles. The van der Waals surface area contributed by atoms with E-state index < -0.39 is 18.6 Å². The van der Waals surface area contributed by atoms with Crippen molar-refractivity contribution in [3.05, 3.63) is 24.2 Å². The van der Waals surface area contributed by atoms with Gasteiger partial charge in [0.2, 0.25) is 5.91 Å². The number of furan rings is 1. The Bertz CT molecular complexity index is 646. The number of hydrogen-bond donors (Lipinski definition) is 0. The Morgan fingerprint density at radius 2 is 2.04 bits per heavy atom. The summed E-state index contributed by atoms with van der Waals surface area (Å²) < 4.78 is 44.4. The first kappa shape index (κ1) is 19.1. The van der Waals surface area contributed by atoms with Crippen LogP contribution in [0.5, 0.6) is 0 Å². The van der Waals surface area contributed by atoms with Crippen molar-refractivity contribution in [2.45, 2.75) is 28.3 Å². The molecule has 0 aliphatic rings. The van der Waals surface area contributed by atoms with Crippen LogP contribution in [0.25, 0.3) is 0 Å². The monoisotopic (exact) mass is 397 g/mol. The molecule has 5 nitrogen and oxygen atoms in total. The van der Waals surface area contributed by atoms with Crippen LogP contribution in [0.4, 0.5) is 13.2 Å². The summed E-state index contributed by atoms with van der Waals surface area (Å²) in [4.78, 5) is 12.9. The van der Waals surface area contributed by atoms with Gasteiger partial charge in [-0.3, -0.25) is 4.79 Å². The smallest absolute Gasteiger partial charge is 0.406 e. The van der Waals surface area contributed by atoms with Gasteiger partial charge in [0.05, 0.1) is 18.6 Å². The van der Waals surface area contributed by atoms with Gasteiger partial charge in [0.1, 0.15) is 12.3 Å². The average Bonchev–Trinajstić information content (AvgIpc) is 3.15. The first-order valence-electron chi connectivity index (χ1n) is 6.83. The molecule has 0 saturated carbocycles. The van der Waals surface area contributed by atoms with Crippen molar-refractivity contribution in [1.29, 1.82) is 0 Å². The number of thioether (sulfide) groups is 2. The molecule has 2 aromatic rings. The van der Waals surface area contributed by atoms with Gasteiger partial charge >= 0.3 is 6.18 Å². The normalized spacial score (nSPS) is 11.7. The van der Waals surface area contributed by atoms with Gasteiger partial charge < -0.3 is 9.32 Å². The van der Waals surface area contributed by atoms with Crippen LogP contribution in [0, 0.1) is 0 Å². The lowest BCUT2D eigenvalue weighted by atomic mass is 10.3. The van der Waals surface area contributed by atoms with Crippen LogP contribution in [-0.4, -0.2) is 45.2 Å². The molecular weight excluding hydrogens is 383 g/mol. The van der Waals surface area contributed by atoms with Crippen LogP contribution >= 0.6 is 34.9 Å². The summed E-state index contributed by atoms with van der Waals surface area (Å²) in [5.74, 6) is 0.381. The molecule has 0 saturated heterocycles.